The Bertz CT molecular complexity index is 1250. The molecule has 3 aromatic carbocycles. The lowest BCUT2D eigenvalue weighted by atomic mass is 10.1. The van der Waals surface area contributed by atoms with Crippen LogP contribution in [0.3, 0.4) is 0 Å². The number of carbonyl (C=O) groups is 1. The van der Waals surface area contributed by atoms with Crippen molar-refractivity contribution < 1.29 is 17.4 Å². The first-order valence-corrected chi connectivity index (χ1v) is 10.5. The highest BCUT2D eigenvalue weighted by Gasteiger charge is 2.22. The fourth-order valence-corrected chi connectivity index (χ4v) is 4.41. The largest absolute Gasteiger partial charge is 0.379 e. The van der Waals surface area contributed by atoms with Gasteiger partial charge in [0, 0.05) is 0 Å². The molecule has 1 saturated heterocycles. The molecule has 1 aliphatic heterocycles. The van der Waals surface area contributed by atoms with Gasteiger partial charge in [-0.2, -0.15) is 8.42 Å². The second kappa shape index (κ2) is 7.14. The number of hydrogen-bond acceptors (Lipinski definition) is 6. The molecule has 2 N–H and O–H groups in total. The summed E-state index contributed by atoms with van der Waals surface area (Å²) in [7, 11) is -4.01. The van der Waals surface area contributed by atoms with Gasteiger partial charge in [0.2, 0.25) is 0 Å². The Morgan fingerprint density at radius 3 is 2.50 bits per heavy atom. The van der Waals surface area contributed by atoms with Gasteiger partial charge in [-0.1, -0.05) is 42.5 Å². The van der Waals surface area contributed by atoms with Crippen LogP contribution >= 0.6 is 11.8 Å². The highest BCUT2D eigenvalue weighted by atomic mass is 32.2. The van der Waals surface area contributed by atoms with Gasteiger partial charge in [-0.25, -0.2) is 0 Å². The summed E-state index contributed by atoms with van der Waals surface area (Å²) >= 11 is 1.01. The maximum Gasteiger partial charge on any atom is 0.339 e. The van der Waals surface area contributed by atoms with E-state index in [0.29, 0.717) is 10.5 Å². The summed E-state index contributed by atoms with van der Waals surface area (Å²) in [6, 6.07) is 18.7. The smallest absolute Gasteiger partial charge is 0.339 e. The van der Waals surface area contributed by atoms with E-state index < -0.39 is 10.1 Å². The standard InChI is InChI=1S/C20H14N2O4S2/c21-20-22-19(23)18(27-20)11-13-4-3-7-16(10-13)26-28(24,25)17-9-8-14-5-1-2-6-15(14)12-17/h1-12H,(H2,21,22,23)/b18-11-. The van der Waals surface area contributed by atoms with Crippen LogP contribution in [0.4, 0.5) is 0 Å². The Morgan fingerprint density at radius 2 is 1.75 bits per heavy atom. The average molecular weight is 410 g/mol. The number of fused-ring (bicyclic) bond motifs is 1. The fraction of sp³-hybridized carbons (Fsp3) is 0. The van der Waals surface area contributed by atoms with Gasteiger partial charge in [0.25, 0.3) is 5.91 Å². The normalized spacial score (nSPS) is 15.8. The number of thioether (sulfide) groups is 1. The van der Waals surface area contributed by atoms with Crippen molar-refractivity contribution in [3.8, 4) is 5.75 Å². The zero-order chi connectivity index (χ0) is 19.7. The number of benzene rings is 3. The van der Waals surface area contributed by atoms with Crippen molar-refractivity contribution >= 4 is 49.8 Å². The third-order valence-corrected chi connectivity index (χ3v) is 6.11. The minimum atomic E-state index is -4.01. The van der Waals surface area contributed by atoms with Crippen molar-refractivity contribution in [3.63, 3.8) is 0 Å². The molecule has 6 nitrogen and oxygen atoms in total. The minimum Gasteiger partial charge on any atom is -0.379 e. The lowest BCUT2D eigenvalue weighted by Gasteiger charge is -2.08. The molecule has 1 aliphatic rings. The molecule has 140 valence electrons. The number of nitrogens with one attached hydrogen (secondary N) is 2. The minimum absolute atomic E-state index is 0.0579. The first kappa shape index (κ1) is 18.3. The third-order valence-electron chi connectivity index (χ3n) is 4.03. The van der Waals surface area contributed by atoms with Crippen LogP contribution in [0.5, 0.6) is 5.75 Å². The monoisotopic (exact) mass is 410 g/mol. The summed E-state index contributed by atoms with van der Waals surface area (Å²) in [4.78, 5) is 12.2. The van der Waals surface area contributed by atoms with Gasteiger partial charge in [0.05, 0.1) is 4.91 Å². The number of amidine groups is 1. The van der Waals surface area contributed by atoms with Crippen molar-refractivity contribution in [2.75, 3.05) is 0 Å². The molecule has 0 aromatic heterocycles. The van der Waals surface area contributed by atoms with E-state index in [0.717, 1.165) is 22.5 Å². The lowest BCUT2D eigenvalue weighted by molar-refractivity contribution is -0.115. The molecule has 0 bridgehead atoms. The molecule has 1 heterocycles. The topological polar surface area (TPSA) is 96.3 Å². The highest BCUT2D eigenvalue weighted by molar-refractivity contribution is 8.18. The summed E-state index contributed by atoms with van der Waals surface area (Å²) < 4.78 is 30.6. The first-order valence-electron chi connectivity index (χ1n) is 8.23. The Hall–Kier alpha value is -3.10. The van der Waals surface area contributed by atoms with E-state index in [9.17, 15) is 13.2 Å². The maximum absolute atomic E-state index is 12.7. The average Bonchev–Trinajstić information content (AvgIpc) is 2.98. The molecule has 28 heavy (non-hydrogen) atoms. The van der Waals surface area contributed by atoms with Crippen LogP contribution in [0, 0.1) is 5.41 Å². The summed E-state index contributed by atoms with van der Waals surface area (Å²) in [5.74, 6) is -0.217. The van der Waals surface area contributed by atoms with Crippen LogP contribution in [0.1, 0.15) is 5.56 Å². The van der Waals surface area contributed by atoms with Gasteiger partial charge >= 0.3 is 10.1 Å². The Balaban J connectivity index is 1.62. The summed E-state index contributed by atoms with van der Waals surface area (Å²) in [5.41, 5.74) is 0.596. The van der Waals surface area contributed by atoms with Gasteiger partial charge < -0.3 is 9.50 Å². The summed E-state index contributed by atoms with van der Waals surface area (Å²) in [6.45, 7) is 0. The third kappa shape index (κ3) is 3.78. The molecule has 1 fully saturated rings. The maximum atomic E-state index is 12.7. The quantitative estimate of drug-likeness (QED) is 0.504. The molecule has 1 amide bonds. The van der Waals surface area contributed by atoms with Crippen molar-refractivity contribution in [2.45, 2.75) is 4.90 Å². The van der Waals surface area contributed by atoms with E-state index >= 15 is 0 Å². The van der Waals surface area contributed by atoms with Crippen molar-refractivity contribution in [3.05, 3.63) is 77.2 Å². The van der Waals surface area contributed by atoms with Crippen molar-refractivity contribution in [1.82, 2.24) is 5.32 Å². The molecule has 0 radical (unpaired) electrons. The summed E-state index contributed by atoms with van der Waals surface area (Å²) in [5, 5.41) is 11.7. The van der Waals surface area contributed by atoms with E-state index in [1.165, 1.54) is 18.2 Å². The predicted octanol–water partition coefficient (Wildman–Crippen LogP) is 3.75. The molecule has 8 heteroatoms. The lowest BCUT2D eigenvalue weighted by Crippen LogP contribution is -2.18. The number of rotatable bonds is 4. The van der Waals surface area contributed by atoms with Crippen LogP contribution in [0.25, 0.3) is 16.8 Å². The van der Waals surface area contributed by atoms with Crippen LogP contribution in [0.15, 0.2) is 76.5 Å². The van der Waals surface area contributed by atoms with Gasteiger partial charge in [0.1, 0.15) is 10.6 Å². The number of amides is 1. The molecular weight excluding hydrogens is 396 g/mol. The van der Waals surface area contributed by atoms with E-state index in [1.807, 2.05) is 24.3 Å². The zero-order valence-electron chi connectivity index (χ0n) is 14.4. The molecule has 0 atom stereocenters. The second-order valence-electron chi connectivity index (χ2n) is 6.01. The van der Waals surface area contributed by atoms with E-state index in [2.05, 4.69) is 5.32 Å². The molecule has 0 aliphatic carbocycles. The predicted molar refractivity (Wildman–Crippen MR) is 110 cm³/mol. The van der Waals surface area contributed by atoms with Gasteiger partial charge in [-0.3, -0.25) is 10.2 Å². The van der Waals surface area contributed by atoms with Crippen LogP contribution in [-0.2, 0) is 14.9 Å². The highest BCUT2D eigenvalue weighted by Crippen LogP contribution is 2.27. The van der Waals surface area contributed by atoms with Crippen molar-refractivity contribution in [2.24, 2.45) is 0 Å². The first-order chi connectivity index (χ1) is 13.4. The van der Waals surface area contributed by atoms with Crippen LogP contribution < -0.4 is 9.50 Å². The fourth-order valence-electron chi connectivity index (χ4n) is 2.75. The summed E-state index contributed by atoms with van der Waals surface area (Å²) in [6.07, 6.45) is 1.58. The molecule has 0 spiro atoms. The molecule has 3 aromatic rings. The molecule has 4 rings (SSSR count). The van der Waals surface area contributed by atoms with E-state index in [-0.39, 0.29) is 21.7 Å². The van der Waals surface area contributed by atoms with Crippen molar-refractivity contribution in [1.29, 1.82) is 5.41 Å². The number of carbonyl (C=O) groups excluding carboxylic acids is 1. The Kier molecular flexibility index (Phi) is 4.66. The number of hydrogen-bond donors (Lipinski definition) is 2. The Morgan fingerprint density at radius 1 is 0.964 bits per heavy atom. The van der Waals surface area contributed by atoms with Gasteiger partial charge in [0.15, 0.2) is 5.17 Å². The molecule has 0 unspecified atom stereocenters. The van der Waals surface area contributed by atoms with E-state index in [4.69, 9.17) is 9.59 Å². The van der Waals surface area contributed by atoms with Crippen LogP contribution in [0.2, 0.25) is 0 Å². The van der Waals surface area contributed by atoms with E-state index in [1.54, 1.807) is 30.3 Å². The van der Waals surface area contributed by atoms with Gasteiger partial charge in [-0.05, 0) is 58.4 Å². The second-order valence-corrected chi connectivity index (χ2v) is 8.61. The Labute approximate surface area is 165 Å². The zero-order valence-corrected chi connectivity index (χ0v) is 16.0. The molecular formula is C20H14N2O4S2. The van der Waals surface area contributed by atoms with Crippen LogP contribution in [-0.4, -0.2) is 19.5 Å². The van der Waals surface area contributed by atoms with Gasteiger partial charge in [-0.15, -0.1) is 0 Å². The molecule has 0 saturated carbocycles. The SMILES string of the molecule is N=C1NC(=O)/C(=C/c2cccc(OS(=O)(=O)c3ccc4ccccc4c3)c2)S1.